The second-order valence-corrected chi connectivity index (χ2v) is 5.92. The van der Waals surface area contributed by atoms with Crippen molar-refractivity contribution in [1.29, 1.82) is 5.26 Å². The lowest BCUT2D eigenvalue weighted by molar-refractivity contribution is -0.173. The van der Waals surface area contributed by atoms with E-state index in [0.29, 0.717) is 27.9 Å². The molecule has 0 bridgehead atoms. The van der Waals surface area contributed by atoms with E-state index in [4.69, 9.17) is 12.2 Å². The fourth-order valence-corrected chi connectivity index (χ4v) is 3.07. The maximum absolute atomic E-state index is 12.4. The summed E-state index contributed by atoms with van der Waals surface area (Å²) < 4.78 is 39.0. The van der Waals surface area contributed by atoms with Gasteiger partial charge in [0.2, 0.25) is 0 Å². The number of alkyl halides is 3. The quantitative estimate of drug-likeness (QED) is 0.668. The van der Waals surface area contributed by atoms with E-state index >= 15 is 0 Å². The number of carbonyl (C=O) groups is 1. The molecule has 3 rings (SSSR count). The molecule has 0 unspecified atom stereocenters. The molecule has 1 amide bonds. The van der Waals surface area contributed by atoms with Crippen LogP contribution in [0.25, 0.3) is 22.3 Å². The molecule has 0 atom stereocenters. The normalized spacial score (nSPS) is 11.3. The Morgan fingerprint density at radius 3 is 2.67 bits per heavy atom. The zero-order chi connectivity index (χ0) is 19.6. The predicted octanol–water partition coefficient (Wildman–Crippen LogP) is 3.31. The molecule has 0 aliphatic heterocycles. The van der Waals surface area contributed by atoms with Crippen LogP contribution < -0.4 is 5.32 Å². The van der Waals surface area contributed by atoms with E-state index in [1.165, 1.54) is 6.33 Å². The van der Waals surface area contributed by atoms with Gasteiger partial charge in [-0.15, -0.1) is 0 Å². The van der Waals surface area contributed by atoms with Crippen molar-refractivity contribution in [3.63, 3.8) is 0 Å². The fraction of sp³-hybridized carbons (Fsp3) is 0.176. The molecule has 0 saturated carbocycles. The lowest BCUT2D eigenvalue weighted by Crippen LogP contribution is -2.38. The van der Waals surface area contributed by atoms with Gasteiger partial charge in [-0.2, -0.15) is 18.4 Å². The summed E-state index contributed by atoms with van der Waals surface area (Å²) in [5.74, 6) is -2.02. The molecule has 0 saturated heterocycles. The van der Waals surface area contributed by atoms with E-state index in [1.54, 1.807) is 34.9 Å². The van der Waals surface area contributed by atoms with Gasteiger partial charge in [-0.25, -0.2) is 4.98 Å². The van der Waals surface area contributed by atoms with Crippen molar-refractivity contribution in [2.75, 3.05) is 6.54 Å². The number of halogens is 3. The smallest absolute Gasteiger partial charge is 0.346 e. The zero-order valence-electron chi connectivity index (χ0n) is 13.7. The number of nitriles is 1. The number of rotatable bonds is 4. The number of H-pyrrole nitrogens is 1. The molecule has 27 heavy (non-hydrogen) atoms. The first-order chi connectivity index (χ1) is 12.8. The van der Waals surface area contributed by atoms with Gasteiger partial charge in [0, 0.05) is 13.1 Å². The van der Waals surface area contributed by atoms with Gasteiger partial charge >= 0.3 is 12.1 Å². The minimum absolute atomic E-state index is 0.0204. The molecule has 10 heteroatoms. The van der Waals surface area contributed by atoms with Gasteiger partial charge in [-0.05, 0) is 5.56 Å². The number of aromatic amines is 1. The molecule has 6 nitrogen and oxygen atoms in total. The Bertz CT molecular complexity index is 1100. The lowest BCUT2D eigenvalue weighted by atomic mass is 10.1. The predicted molar refractivity (Wildman–Crippen MR) is 94.1 cm³/mol. The van der Waals surface area contributed by atoms with E-state index in [9.17, 15) is 23.2 Å². The molecule has 2 N–H and O–H groups in total. The molecule has 2 aromatic heterocycles. The second-order valence-electron chi connectivity index (χ2n) is 5.54. The van der Waals surface area contributed by atoms with Crippen molar-refractivity contribution < 1.29 is 18.0 Å². The monoisotopic (exact) mass is 391 g/mol. The van der Waals surface area contributed by atoms with Crippen molar-refractivity contribution in [3.05, 3.63) is 46.9 Å². The van der Waals surface area contributed by atoms with Gasteiger partial charge < -0.3 is 14.9 Å². The maximum atomic E-state index is 12.4. The molecule has 3 aromatic rings. The Balaban J connectivity index is 2.11. The van der Waals surface area contributed by atoms with Crippen LogP contribution in [0.2, 0.25) is 0 Å². The second kappa shape index (κ2) is 7.20. The Labute approximate surface area is 156 Å². The number of carbonyl (C=O) groups excluding carboxylic acids is 1. The number of fused-ring (bicyclic) bond motifs is 1. The van der Waals surface area contributed by atoms with Crippen LogP contribution in [0.15, 0.2) is 36.7 Å². The van der Waals surface area contributed by atoms with Crippen molar-refractivity contribution in [1.82, 2.24) is 19.9 Å². The summed E-state index contributed by atoms with van der Waals surface area (Å²) in [5, 5.41) is 11.5. The summed E-state index contributed by atoms with van der Waals surface area (Å²) in [6.45, 7) is -0.316. The summed E-state index contributed by atoms with van der Waals surface area (Å²) in [4.78, 5) is 17.9. The summed E-state index contributed by atoms with van der Waals surface area (Å²) in [5.41, 5.74) is 2.34. The molecule has 0 fully saturated rings. The van der Waals surface area contributed by atoms with Gasteiger partial charge in [0.1, 0.15) is 17.1 Å². The zero-order valence-corrected chi connectivity index (χ0v) is 14.5. The van der Waals surface area contributed by atoms with Gasteiger partial charge in [0.15, 0.2) is 4.64 Å². The Morgan fingerprint density at radius 2 is 2.04 bits per heavy atom. The molecule has 138 valence electrons. The number of hydrogen-bond acceptors (Lipinski definition) is 4. The van der Waals surface area contributed by atoms with E-state index in [2.05, 4.69) is 16.0 Å². The van der Waals surface area contributed by atoms with Gasteiger partial charge in [-0.1, -0.05) is 42.5 Å². The van der Waals surface area contributed by atoms with Crippen LogP contribution in [-0.2, 0) is 11.3 Å². The van der Waals surface area contributed by atoms with Crippen molar-refractivity contribution in [3.8, 4) is 17.3 Å². The van der Waals surface area contributed by atoms with E-state index in [0.717, 1.165) is 0 Å². The first-order valence-corrected chi connectivity index (χ1v) is 8.16. The van der Waals surface area contributed by atoms with Crippen LogP contribution >= 0.6 is 12.2 Å². The number of hydrogen-bond donors (Lipinski definition) is 2. The first-order valence-electron chi connectivity index (χ1n) is 7.75. The number of amides is 1. The minimum atomic E-state index is -4.96. The number of benzene rings is 1. The summed E-state index contributed by atoms with van der Waals surface area (Å²) in [6.07, 6.45) is -3.60. The summed E-state index contributed by atoms with van der Waals surface area (Å²) in [6, 6.07) is 11.0. The minimum Gasteiger partial charge on any atom is -0.346 e. The molecule has 0 radical (unpaired) electrons. The average molecular weight is 391 g/mol. The molecule has 2 heterocycles. The van der Waals surface area contributed by atoms with E-state index < -0.39 is 12.1 Å². The van der Waals surface area contributed by atoms with Crippen molar-refractivity contribution >= 4 is 29.2 Å². The SMILES string of the molecule is N#Cc1c(-c2ccccc2)n(CCNC(=O)C(F)(F)F)c2c(=S)nc[nH]c12. The van der Waals surface area contributed by atoms with Crippen LogP contribution in [0.1, 0.15) is 5.56 Å². The van der Waals surface area contributed by atoms with Gasteiger partial charge in [0.05, 0.1) is 17.5 Å². The first kappa shape index (κ1) is 18.6. The van der Waals surface area contributed by atoms with Gasteiger partial charge in [-0.3, -0.25) is 4.79 Å². The number of nitrogens with zero attached hydrogens (tertiary/aromatic N) is 3. The average Bonchev–Trinajstić information content (AvgIpc) is 2.96. The topological polar surface area (TPSA) is 86.5 Å². The Morgan fingerprint density at radius 1 is 1.33 bits per heavy atom. The van der Waals surface area contributed by atoms with Crippen LogP contribution in [0.5, 0.6) is 0 Å². The molecule has 0 aliphatic rings. The molecule has 0 spiro atoms. The van der Waals surface area contributed by atoms with Crippen LogP contribution in [0.3, 0.4) is 0 Å². The molecular weight excluding hydrogens is 379 g/mol. The molecule has 0 aliphatic carbocycles. The van der Waals surface area contributed by atoms with Crippen LogP contribution in [-0.4, -0.2) is 33.2 Å². The standard InChI is InChI=1S/C17H12F3N5OS/c18-17(19,20)16(26)22-6-7-25-13(10-4-2-1-3-5-10)11(8-21)12-14(25)15(27)24-9-23-12/h1-5,9H,6-7H2,(H,22,26)(H,23,24,27). The highest BCUT2D eigenvalue weighted by atomic mass is 32.1. The van der Waals surface area contributed by atoms with E-state index in [-0.39, 0.29) is 17.7 Å². The summed E-state index contributed by atoms with van der Waals surface area (Å²) in [7, 11) is 0. The molecular formula is C17H12F3N5OS. The van der Waals surface area contributed by atoms with Gasteiger partial charge in [0.25, 0.3) is 0 Å². The highest BCUT2D eigenvalue weighted by Crippen LogP contribution is 2.32. The third-order valence-corrected chi connectivity index (χ3v) is 4.19. The van der Waals surface area contributed by atoms with Crippen molar-refractivity contribution in [2.45, 2.75) is 12.7 Å². The third kappa shape index (κ3) is 3.54. The molecule has 1 aromatic carbocycles. The number of nitrogens with one attached hydrogen (secondary N) is 2. The fourth-order valence-electron chi connectivity index (χ4n) is 2.81. The highest BCUT2D eigenvalue weighted by Gasteiger charge is 2.38. The van der Waals surface area contributed by atoms with Crippen molar-refractivity contribution in [2.24, 2.45) is 0 Å². The Kier molecular flexibility index (Phi) is 4.96. The summed E-state index contributed by atoms with van der Waals surface area (Å²) >= 11 is 5.24. The largest absolute Gasteiger partial charge is 0.471 e. The van der Waals surface area contributed by atoms with E-state index in [1.807, 2.05) is 5.32 Å². The maximum Gasteiger partial charge on any atom is 0.471 e. The lowest BCUT2D eigenvalue weighted by Gasteiger charge is -2.13. The highest BCUT2D eigenvalue weighted by molar-refractivity contribution is 7.71. The van der Waals surface area contributed by atoms with Crippen LogP contribution in [0, 0.1) is 16.0 Å². The number of aromatic nitrogens is 3. The van der Waals surface area contributed by atoms with Crippen LogP contribution in [0.4, 0.5) is 13.2 Å². The third-order valence-electron chi connectivity index (χ3n) is 3.89. The Hall–Kier alpha value is -3.19.